The van der Waals surface area contributed by atoms with Gasteiger partial charge in [-0.15, -0.1) is 23.2 Å². The van der Waals surface area contributed by atoms with E-state index in [4.69, 9.17) is 60.5 Å². The van der Waals surface area contributed by atoms with Gasteiger partial charge in [0.25, 0.3) is 10.1 Å². The third kappa shape index (κ3) is 27.2. The molecular weight excluding hydrogens is 1800 g/mol. The smallest absolute Gasteiger partial charge is 0.742 e. The number of carbonyl (C=O) groups excluding carboxylic acids is 8. The van der Waals surface area contributed by atoms with Crippen molar-refractivity contribution >= 4 is 172 Å². The number of aliphatic hydroxyl groups excluding tert-OH is 1. The average Bonchev–Trinajstić information content (AvgIpc) is 1.61. The van der Waals surface area contributed by atoms with Crippen LogP contribution < -0.4 is 51.4 Å². The molecule has 0 radical (unpaired) electrons. The zero-order valence-electron chi connectivity index (χ0n) is 72.6. The number of ether oxygens (including phenoxy) is 7. The molecule has 3 N–H and O–H groups in total. The number of carbonyl (C=O) groups is 10. The fourth-order valence-electron chi connectivity index (χ4n) is 14.2. The summed E-state index contributed by atoms with van der Waals surface area (Å²) in [6.07, 6.45) is 4.55. The van der Waals surface area contributed by atoms with Crippen molar-refractivity contribution in [2.45, 2.75) is 77.2 Å². The molecule has 1 atom stereocenters. The van der Waals surface area contributed by atoms with Gasteiger partial charge in [-0.05, 0) is 190 Å². The van der Waals surface area contributed by atoms with Gasteiger partial charge >= 0.3 is 99.1 Å². The Balaban J connectivity index is 0.000000226. The van der Waals surface area contributed by atoms with Gasteiger partial charge in [-0.1, -0.05) is 127 Å². The van der Waals surface area contributed by atoms with E-state index in [0.717, 1.165) is 55.8 Å². The topological polar surface area (TPSA) is 359 Å². The number of halogens is 2. The quantitative estimate of drug-likeness (QED) is 0.00830. The van der Waals surface area contributed by atoms with E-state index < -0.39 is 57.9 Å². The van der Waals surface area contributed by atoms with E-state index in [0.29, 0.717) is 110 Å². The molecule has 27 nitrogen and oxygen atoms in total. The van der Waals surface area contributed by atoms with Crippen molar-refractivity contribution in [2.75, 3.05) is 79.3 Å². The van der Waals surface area contributed by atoms with Crippen LogP contribution in [0.4, 0.5) is 0 Å². The number of methoxy groups -OCH3 is 6. The molecular formula is C95H95Cl2KN4O23S4. The number of hydrogen-bond donors (Lipinski definition) is 4. The van der Waals surface area contributed by atoms with E-state index in [1.165, 1.54) is 105 Å². The van der Waals surface area contributed by atoms with Crippen molar-refractivity contribution < 1.29 is 160 Å². The predicted molar refractivity (Wildman–Crippen MR) is 498 cm³/mol. The Hall–Kier alpha value is -10.8. The van der Waals surface area contributed by atoms with Crippen LogP contribution in [0.15, 0.2) is 223 Å². The first-order valence-electron chi connectivity index (χ1n) is 39.5. The minimum atomic E-state index is -3.98. The summed E-state index contributed by atoms with van der Waals surface area (Å²) >= 11 is 19.0. The molecule has 5 heterocycles. The van der Waals surface area contributed by atoms with Crippen molar-refractivity contribution in [3.05, 3.63) is 291 Å². The maximum Gasteiger partial charge on any atom is 1.00 e. The standard InChI is InChI=1S/C27H25NO7S.C22H21NO5S.C20H19NO5.C18H15NO4S.C5H10O.C2H4OS.CH2Cl2.K/c1-18-11-13-21(14-12-18)36(31,32)35-16-15-23-22-9-4-5-10-24(22)28(25(23)27(30)34-3)20-8-6-7-19(17-20)26(29)33-2;1-14(24)29-12-11-18-17-9-4-5-10-19(17)23(20(18)22(26)28-3)16-8-6-7-15(13-16)21(25)27-2;1-25-19(23)13-6-5-7-14(12-13)21-17-9-4-3-8-15(17)16(10-11-22)18(21)20(24)26-2;20-17(21)11-4-3-5-12(10-11)19-15-7-2-1-6-13(15)14(8-9-24)16(19)18(22)23;1-5-3-2-4-6-5;1-2(3)4;2-1-3;/h4-14,17H,15-16H2,1-3H3;4-10,13H,11-12H2,1-3H3;3-9,12,22H,10-11H2,1-2H3;1-7,10,24H,8-9H2,(H,20,21)(H,22,23);5H,2-4H2,1H3;1H3,(H,3,4);1H2;/q;;;;;;;+1/p-1. The van der Waals surface area contributed by atoms with E-state index >= 15 is 0 Å². The molecule has 672 valence electrons. The zero-order chi connectivity index (χ0) is 93.5. The van der Waals surface area contributed by atoms with Gasteiger partial charge in [-0.2, -0.15) is 21.0 Å². The van der Waals surface area contributed by atoms with Crippen LogP contribution >= 0.6 is 47.6 Å². The molecule has 0 saturated carbocycles. The number of aromatic carboxylic acids is 2. The van der Waals surface area contributed by atoms with Crippen molar-refractivity contribution in [1.82, 2.24) is 18.3 Å². The number of fused-ring (bicyclic) bond motifs is 4. The zero-order valence-corrected chi connectivity index (χ0v) is 80.5. The number of carboxylic acid groups (broad SMARTS) is 2. The number of thiol groups is 1. The molecule has 34 heteroatoms. The first kappa shape index (κ1) is 105. The van der Waals surface area contributed by atoms with Crippen LogP contribution in [0.2, 0.25) is 0 Å². The van der Waals surface area contributed by atoms with Gasteiger partial charge in [0, 0.05) is 81.7 Å². The second-order valence-corrected chi connectivity index (χ2v) is 32.5. The number of nitrogens with zero attached hydrogens (tertiary/aromatic N) is 4. The van der Waals surface area contributed by atoms with Crippen LogP contribution in [0.1, 0.15) is 145 Å². The summed E-state index contributed by atoms with van der Waals surface area (Å²) in [5, 5.41) is 31.7. The second kappa shape index (κ2) is 51.6. The number of carboxylic acids is 2. The molecule has 9 aromatic carbocycles. The Morgan fingerprint density at radius 1 is 0.465 bits per heavy atom. The van der Waals surface area contributed by atoms with Gasteiger partial charge in [0.1, 0.15) is 22.8 Å². The second-order valence-electron chi connectivity index (χ2n) is 27.8. The summed E-state index contributed by atoms with van der Waals surface area (Å²) in [5.74, 6) is -4.06. The SMILES string of the molecule is CC(=O)[S-].CC1CCCO1.COC(=O)c1cccc(-n2c(C(=O)OC)c(CCO)c3ccccc32)c1.COC(=O)c1cccc(-n2c(C(=O)OC)c(CCOS(=O)(=O)c3ccc(C)cc3)c3ccccc32)c1.COC(=O)c1cccc(-n2c(C(=O)OC)c(CCSC(C)=O)c3ccccc32)c1.ClCCl.O=C(O)c1cccc(-n2c(C(=O)O)c(CCS)c3ccccc32)c1.[K+]. The van der Waals surface area contributed by atoms with Crippen LogP contribution in [0, 0.1) is 6.92 Å². The summed E-state index contributed by atoms with van der Waals surface area (Å²) < 4.78 is 72.2. The first-order valence-corrected chi connectivity index (χ1v) is 44.0. The van der Waals surface area contributed by atoms with Crippen molar-refractivity contribution in [1.29, 1.82) is 0 Å². The number of hydrogen-bond acceptors (Lipinski definition) is 24. The fourth-order valence-corrected chi connectivity index (χ4v) is 15.9. The van der Waals surface area contributed by atoms with Crippen LogP contribution in [0.25, 0.3) is 66.4 Å². The van der Waals surface area contributed by atoms with Gasteiger partial charge in [0.2, 0.25) is 0 Å². The summed E-state index contributed by atoms with van der Waals surface area (Å²) in [5.41, 5.74) is 11.4. The number of esters is 6. The van der Waals surface area contributed by atoms with Crippen LogP contribution in [0.5, 0.6) is 0 Å². The molecule has 1 saturated heterocycles. The number of alkyl halides is 2. The van der Waals surface area contributed by atoms with Crippen LogP contribution in [-0.2, 0) is 95.4 Å². The molecule has 1 aliphatic rings. The maximum absolute atomic E-state index is 13.0. The third-order valence-electron chi connectivity index (χ3n) is 19.6. The average molecular weight is 1900 g/mol. The summed E-state index contributed by atoms with van der Waals surface area (Å²) in [4.78, 5) is 118. The number of benzene rings is 9. The molecule has 14 rings (SSSR count). The van der Waals surface area contributed by atoms with Crippen molar-refractivity contribution in [2.24, 2.45) is 0 Å². The van der Waals surface area contributed by atoms with E-state index in [9.17, 15) is 71.7 Å². The number of aryl methyl sites for hydroxylation is 3. The molecule has 0 bridgehead atoms. The number of rotatable bonds is 24. The van der Waals surface area contributed by atoms with E-state index in [1.54, 1.807) is 109 Å². The molecule has 0 spiro atoms. The monoisotopic (exact) mass is 1900 g/mol. The largest absolute Gasteiger partial charge is 1.00 e. The Morgan fingerprint density at radius 2 is 0.791 bits per heavy atom. The predicted octanol–water partition coefficient (Wildman–Crippen LogP) is 14.4. The Bertz CT molecular complexity index is 6280. The van der Waals surface area contributed by atoms with E-state index in [1.807, 2.05) is 110 Å². The van der Waals surface area contributed by atoms with Crippen molar-refractivity contribution in [3.63, 3.8) is 0 Å². The van der Waals surface area contributed by atoms with E-state index in [2.05, 4.69) is 32.2 Å². The molecule has 1 unspecified atom stereocenters. The maximum atomic E-state index is 13.0. The Morgan fingerprint density at radius 3 is 1.09 bits per heavy atom. The van der Waals surface area contributed by atoms with Gasteiger partial charge in [-0.25, -0.2) is 38.4 Å². The molecule has 13 aromatic rings. The first-order chi connectivity index (χ1) is 61.4. The number of aromatic nitrogens is 4. The van der Waals surface area contributed by atoms with Gasteiger partial charge in [0.05, 0.1) is 110 Å². The summed E-state index contributed by atoms with van der Waals surface area (Å²) in [6, 6.07) is 62.9. The molecule has 129 heavy (non-hydrogen) atoms. The third-order valence-corrected chi connectivity index (χ3v) is 22.0. The normalized spacial score (nSPS) is 11.7. The van der Waals surface area contributed by atoms with Gasteiger partial charge in [-0.3, -0.25) is 8.98 Å². The number of thioether (sulfide) groups is 1. The summed E-state index contributed by atoms with van der Waals surface area (Å²) in [6.45, 7) is 7.55. The van der Waals surface area contributed by atoms with E-state index in [-0.39, 0.29) is 108 Å². The summed E-state index contributed by atoms with van der Waals surface area (Å²) in [7, 11) is 3.89. The molecule has 1 aliphatic heterocycles. The minimum Gasteiger partial charge on any atom is -0.742 e. The Kier molecular flexibility index (Phi) is 42.1. The molecule has 4 aromatic heterocycles. The minimum absolute atomic E-state index is 0. The van der Waals surface area contributed by atoms with Crippen LogP contribution in [-0.4, -0.2) is 185 Å². The number of para-hydroxylation sites is 4. The number of aliphatic hydroxyl groups is 1. The van der Waals surface area contributed by atoms with Crippen LogP contribution in [0.3, 0.4) is 0 Å². The van der Waals surface area contributed by atoms with Gasteiger partial charge < -0.3 is 84.2 Å². The van der Waals surface area contributed by atoms with Crippen molar-refractivity contribution in [3.8, 4) is 22.7 Å². The Labute approximate surface area is 813 Å². The fraction of sp³-hybridized carbons (Fsp3) is 0.242. The van der Waals surface area contributed by atoms with Gasteiger partial charge in [0.15, 0.2) is 5.12 Å². The molecule has 0 aliphatic carbocycles. The molecule has 1 fully saturated rings. The molecule has 0 amide bonds.